The van der Waals surface area contributed by atoms with E-state index in [2.05, 4.69) is 48.9 Å². The van der Waals surface area contributed by atoms with Crippen molar-refractivity contribution in [3.63, 3.8) is 0 Å². The van der Waals surface area contributed by atoms with E-state index in [9.17, 15) is 0 Å². The summed E-state index contributed by atoms with van der Waals surface area (Å²) in [6.45, 7) is 10.8. The number of benzene rings is 1. The molecule has 122 valence electrons. The summed E-state index contributed by atoms with van der Waals surface area (Å²) < 4.78 is 5.99. The summed E-state index contributed by atoms with van der Waals surface area (Å²) in [6, 6.07) is 6.59. The van der Waals surface area contributed by atoms with Gasteiger partial charge >= 0.3 is 0 Å². The Morgan fingerprint density at radius 1 is 1.23 bits per heavy atom. The van der Waals surface area contributed by atoms with Crippen LogP contribution in [0.25, 0.3) is 0 Å². The van der Waals surface area contributed by atoms with Gasteiger partial charge in [-0.25, -0.2) is 0 Å². The molecule has 2 aliphatic rings. The molecule has 0 radical (unpaired) electrons. The Labute approximate surface area is 134 Å². The topological polar surface area (TPSA) is 41.7 Å². The first-order valence-corrected chi connectivity index (χ1v) is 8.47. The molecule has 3 rings (SSSR count). The minimum absolute atomic E-state index is 0.0853. The minimum atomic E-state index is 0.0853. The maximum absolute atomic E-state index is 6.59. The van der Waals surface area contributed by atoms with E-state index < -0.39 is 0 Å². The van der Waals surface area contributed by atoms with Gasteiger partial charge in [-0.1, -0.05) is 26.0 Å². The van der Waals surface area contributed by atoms with Crippen LogP contribution in [0.4, 0.5) is 0 Å². The molecule has 2 heterocycles. The molecule has 0 aliphatic carbocycles. The van der Waals surface area contributed by atoms with Crippen molar-refractivity contribution in [3.8, 4) is 5.75 Å². The fourth-order valence-corrected chi connectivity index (χ4v) is 3.40. The lowest BCUT2D eigenvalue weighted by Gasteiger charge is -2.38. The van der Waals surface area contributed by atoms with Crippen LogP contribution in [0.5, 0.6) is 5.75 Å². The molecule has 2 unspecified atom stereocenters. The maximum atomic E-state index is 6.59. The number of nitrogens with zero attached hydrogens (tertiary/aromatic N) is 2. The molecule has 0 bridgehead atoms. The van der Waals surface area contributed by atoms with Crippen LogP contribution >= 0.6 is 0 Å². The Morgan fingerprint density at radius 2 is 1.95 bits per heavy atom. The van der Waals surface area contributed by atoms with E-state index >= 15 is 0 Å². The number of rotatable bonds is 3. The van der Waals surface area contributed by atoms with Crippen LogP contribution in [0.1, 0.15) is 36.9 Å². The third-order valence-corrected chi connectivity index (χ3v) is 5.11. The van der Waals surface area contributed by atoms with Crippen LogP contribution in [-0.2, 0) is 0 Å². The molecule has 1 aromatic carbocycles. The fourth-order valence-electron chi connectivity index (χ4n) is 3.40. The zero-order valence-corrected chi connectivity index (χ0v) is 14.1. The van der Waals surface area contributed by atoms with Crippen molar-refractivity contribution < 1.29 is 4.74 Å². The summed E-state index contributed by atoms with van der Waals surface area (Å²) >= 11 is 0. The summed E-state index contributed by atoms with van der Waals surface area (Å²) in [5.74, 6) is 1.89. The molecular formula is C18H29N3O. The molecule has 1 aromatic rings. The first-order chi connectivity index (χ1) is 10.5. The Bertz CT molecular complexity index is 509. The smallest absolute Gasteiger partial charge is 0.124 e. The van der Waals surface area contributed by atoms with E-state index in [0.29, 0.717) is 11.8 Å². The maximum Gasteiger partial charge on any atom is 0.124 e. The summed E-state index contributed by atoms with van der Waals surface area (Å²) in [5.41, 5.74) is 9.12. The normalized spacial score (nSPS) is 26.8. The van der Waals surface area contributed by atoms with Gasteiger partial charge in [0.2, 0.25) is 0 Å². The van der Waals surface area contributed by atoms with Gasteiger partial charge in [0.25, 0.3) is 0 Å². The van der Waals surface area contributed by atoms with Gasteiger partial charge in [-0.2, -0.15) is 0 Å². The highest BCUT2D eigenvalue weighted by molar-refractivity contribution is 5.42. The molecule has 4 heteroatoms. The summed E-state index contributed by atoms with van der Waals surface area (Å²) in [5, 5.41) is 0. The lowest BCUT2D eigenvalue weighted by molar-refractivity contribution is 0.0997. The standard InChI is InChI=1S/C18H29N3O/c1-13(2)14-4-5-17-16(10-14)18(19)15(12-22-17)11-21-8-6-20(3)7-9-21/h4-5,10,13,15,18H,6-9,11-12,19H2,1-3H3. The molecule has 2 N–H and O–H groups in total. The van der Waals surface area contributed by atoms with Crippen LogP contribution in [-0.4, -0.2) is 56.2 Å². The van der Waals surface area contributed by atoms with Gasteiger partial charge < -0.3 is 20.3 Å². The quantitative estimate of drug-likeness (QED) is 0.928. The number of hydrogen-bond donors (Lipinski definition) is 1. The largest absolute Gasteiger partial charge is 0.493 e. The molecule has 0 saturated carbocycles. The molecular weight excluding hydrogens is 274 g/mol. The van der Waals surface area contributed by atoms with E-state index in [0.717, 1.165) is 45.1 Å². The predicted octanol–water partition coefficient (Wildman–Crippen LogP) is 2.07. The average molecular weight is 303 g/mol. The summed E-state index contributed by atoms with van der Waals surface area (Å²) in [7, 11) is 2.19. The Kier molecular flexibility index (Phi) is 4.71. The molecule has 2 atom stereocenters. The van der Waals surface area contributed by atoms with Crippen molar-refractivity contribution in [2.24, 2.45) is 11.7 Å². The average Bonchev–Trinajstić information content (AvgIpc) is 2.52. The summed E-state index contributed by atoms with van der Waals surface area (Å²) in [6.07, 6.45) is 0. The van der Waals surface area contributed by atoms with E-state index in [1.165, 1.54) is 11.1 Å². The van der Waals surface area contributed by atoms with Crippen molar-refractivity contribution in [3.05, 3.63) is 29.3 Å². The summed E-state index contributed by atoms with van der Waals surface area (Å²) in [4.78, 5) is 4.92. The molecule has 22 heavy (non-hydrogen) atoms. The minimum Gasteiger partial charge on any atom is -0.493 e. The monoisotopic (exact) mass is 303 g/mol. The number of ether oxygens (including phenoxy) is 1. The number of piperazine rings is 1. The number of nitrogens with two attached hydrogens (primary N) is 1. The highest BCUT2D eigenvalue weighted by atomic mass is 16.5. The Hall–Kier alpha value is -1.10. The second-order valence-electron chi connectivity index (χ2n) is 7.15. The van der Waals surface area contributed by atoms with Gasteiger partial charge in [0, 0.05) is 50.2 Å². The molecule has 1 saturated heterocycles. The van der Waals surface area contributed by atoms with E-state index in [1.807, 2.05) is 0 Å². The fraction of sp³-hybridized carbons (Fsp3) is 0.667. The zero-order valence-electron chi connectivity index (χ0n) is 14.1. The molecule has 1 fully saturated rings. The molecule has 0 amide bonds. The van der Waals surface area contributed by atoms with Gasteiger partial charge in [-0.3, -0.25) is 0 Å². The van der Waals surface area contributed by atoms with Gasteiger partial charge in [0.05, 0.1) is 6.61 Å². The second-order valence-corrected chi connectivity index (χ2v) is 7.15. The van der Waals surface area contributed by atoms with Gasteiger partial charge in [0.15, 0.2) is 0 Å². The Morgan fingerprint density at radius 3 is 2.64 bits per heavy atom. The van der Waals surface area contributed by atoms with Crippen molar-refractivity contribution in [2.45, 2.75) is 25.8 Å². The number of hydrogen-bond acceptors (Lipinski definition) is 4. The van der Waals surface area contributed by atoms with Crippen LogP contribution < -0.4 is 10.5 Å². The van der Waals surface area contributed by atoms with Crippen LogP contribution in [0.2, 0.25) is 0 Å². The zero-order chi connectivity index (χ0) is 15.7. The van der Waals surface area contributed by atoms with E-state index in [1.54, 1.807) is 0 Å². The first-order valence-electron chi connectivity index (χ1n) is 8.47. The van der Waals surface area contributed by atoms with E-state index in [4.69, 9.17) is 10.5 Å². The van der Waals surface area contributed by atoms with Crippen LogP contribution in [0.3, 0.4) is 0 Å². The van der Waals surface area contributed by atoms with Crippen molar-refractivity contribution in [1.82, 2.24) is 9.80 Å². The molecule has 0 aromatic heterocycles. The van der Waals surface area contributed by atoms with Crippen LogP contribution in [0, 0.1) is 5.92 Å². The van der Waals surface area contributed by atoms with Gasteiger partial charge in [-0.05, 0) is 24.6 Å². The van der Waals surface area contributed by atoms with E-state index in [-0.39, 0.29) is 6.04 Å². The van der Waals surface area contributed by atoms with Crippen molar-refractivity contribution >= 4 is 0 Å². The third kappa shape index (κ3) is 3.29. The highest BCUT2D eigenvalue weighted by Gasteiger charge is 2.30. The second kappa shape index (κ2) is 6.57. The van der Waals surface area contributed by atoms with Gasteiger partial charge in [0.1, 0.15) is 5.75 Å². The first kappa shape index (κ1) is 15.8. The van der Waals surface area contributed by atoms with Crippen molar-refractivity contribution in [2.75, 3.05) is 46.4 Å². The van der Waals surface area contributed by atoms with Crippen molar-refractivity contribution in [1.29, 1.82) is 0 Å². The third-order valence-electron chi connectivity index (χ3n) is 5.11. The lowest BCUT2D eigenvalue weighted by Crippen LogP contribution is -2.48. The highest BCUT2D eigenvalue weighted by Crippen LogP contribution is 2.36. The molecule has 4 nitrogen and oxygen atoms in total. The number of likely N-dealkylation sites (N-methyl/N-ethyl adjacent to an activating group) is 1. The molecule has 2 aliphatic heterocycles. The lowest BCUT2D eigenvalue weighted by atomic mass is 9.88. The predicted molar refractivity (Wildman–Crippen MR) is 90.4 cm³/mol. The molecule has 0 spiro atoms. The number of fused-ring (bicyclic) bond motifs is 1. The Balaban J connectivity index is 1.70. The van der Waals surface area contributed by atoms with Crippen LogP contribution in [0.15, 0.2) is 18.2 Å². The SMILES string of the molecule is CC(C)c1ccc2c(c1)C(N)C(CN1CCN(C)CC1)CO2. The van der Waals surface area contributed by atoms with Gasteiger partial charge in [-0.15, -0.1) is 0 Å².